The topological polar surface area (TPSA) is 96.7 Å². The second-order valence-electron chi connectivity index (χ2n) is 9.07. The molecule has 2 aromatic rings. The Morgan fingerprint density at radius 3 is 2.53 bits per heavy atom. The monoisotopic (exact) mass is 440 g/mol. The lowest BCUT2D eigenvalue weighted by Crippen LogP contribution is -2.48. The lowest BCUT2D eigenvalue weighted by Gasteiger charge is -2.43. The Bertz CT molecular complexity index is 972. The van der Waals surface area contributed by atoms with Gasteiger partial charge in [0.05, 0.1) is 11.5 Å². The molecule has 1 heterocycles. The van der Waals surface area contributed by atoms with Crippen LogP contribution in [0.5, 0.6) is 5.75 Å². The molecule has 8 nitrogen and oxygen atoms in total. The fraction of sp³-hybridized carbons (Fsp3) is 0.458. The number of anilines is 1. The van der Waals surface area contributed by atoms with Gasteiger partial charge in [0.1, 0.15) is 5.75 Å². The summed E-state index contributed by atoms with van der Waals surface area (Å²) in [5.74, 6) is 0.613. The third-order valence-electron chi connectivity index (χ3n) is 6.09. The minimum atomic E-state index is -0.362. The third kappa shape index (κ3) is 5.19. The predicted octanol–water partition coefficient (Wildman–Crippen LogP) is 4.24. The van der Waals surface area contributed by atoms with Crippen LogP contribution in [0.3, 0.4) is 0 Å². The fourth-order valence-corrected chi connectivity index (χ4v) is 4.07. The maximum Gasteiger partial charge on any atom is 0.269 e. The predicted molar refractivity (Wildman–Crippen MR) is 125 cm³/mol. The number of hydrogen-bond donors (Lipinski definition) is 2. The molecular formula is C24H32N4O4. The maximum atomic E-state index is 12.7. The summed E-state index contributed by atoms with van der Waals surface area (Å²) >= 11 is 0. The number of fused-ring (bicyclic) bond motifs is 1. The summed E-state index contributed by atoms with van der Waals surface area (Å²) in [6.07, 6.45) is 0.771. The van der Waals surface area contributed by atoms with Crippen molar-refractivity contribution in [2.24, 2.45) is 5.41 Å². The number of hydrogen-bond acceptors (Lipinski definition) is 6. The molecule has 3 rings (SSSR count). The van der Waals surface area contributed by atoms with E-state index in [2.05, 4.69) is 29.4 Å². The molecule has 1 aliphatic heterocycles. The first-order valence-corrected chi connectivity index (χ1v) is 10.8. The molecule has 32 heavy (non-hydrogen) atoms. The van der Waals surface area contributed by atoms with E-state index < -0.39 is 0 Å². The largest absolute Gasteiger partial charge is 0.494 e. The fourth-order valence-electron chi connectivity index (χ4n) is 4.07. The average molecular weight is 441 g/mol. The van der Waals surface area contributed by atoms with Crippen molar-refractivity contribution in [3.8, 4) is 5.75 Å². The van der Waals surface area contributed by atoms with Crippen LogP contribution in [0.2, 0.25) is 0 Å². The molecule has 0 radical (unpaired) electrons. The molecule has 2 atom stereocenters. The van der Waals surface area contributed by atoms with E-state index in [0.717, 1.165) is 23.4 Å². The van der Waals surface area contributed by atoms with Gasteiger partial charge < -0.3 is 20.3 Å². The zero-order chi connectivity index (χ0) is 23.5. The molecule has 1 aliphatic rings. The Morgan fingerprint density at radius 2 is 1.94 bits per heavy atom. The van der Waals surface area contributed by atoms with Crippen molar-refractivity contribution in [3.05, 3.63) is 63.7 Å². The number of carbonyl (C=O) groups is 1. The number of benzene rings is 2. The smallest absolute Gasteiger partial charge is 0.269 e. The summed E-state index contributed by atoms with van der Waals surface area (Å²) in [5, 5.41) is 17.8. The number of carbonyl (C=O) groups excluding carboxylic acids is 1. The molecule has 0 bridgehead atoms. The number of amides is 1. The summed E-state index contributed by atoms with van der Waals surface area (Å²) < 4.78 is 5.43. The molecular weight excluding hydrogens is 408 g/mol. The highest BCUT2D eigenvalue weighted by Crippen LogP contribution is 2.42. The molecule has 1 amide bonds. The molecule has 2 aromatic carbocycles. The van der Waals surface area contributed by atoms with Gasteiger partial charge >= 0.3 is 0 Å². The van der Waals surface area contributed by atoms with Gasteiger partial charge in [0.15, 0.2) is 0 Å². The number of non-ortho nitro benzene ring substituents is 1. The highest BCUT2D eigenvalue weighted by molar-refractivity contribution is 5.94. The van der Waals surface area contributed by atoms with Gasteiger partial charge in [-0.3, -0.25) is 14.9 Å². The average Bonchev–Trinajstić information content (AvgIpc) is 2.76. The van der Waals surface area contributed by atoms with Crippen molar-refractivity contribution in [1.29, 1.82) is 0 Å². The van der Waals surface area contributed by atoms with Crippen LogP contribution in [0.25, 0.3) is 0 Å². The minimum absolute atomic E-state index is 0.0391. The standard InChI is InChI=1S/C24H32N4O4/c1-6-32-18-10-7-16(8-11-18)23(29)25-15-24(2,3)22-14-21(27(4)5)19-13-17(28(30)31)9-12-20(19)26-22/h7-13,21-22,26H,6,14-15H2,1-5H3,(H,25,29). The van der Waals surface area contributed by atoms with Crippen molar-refractivity contribution in [1.82, 2.24) is 10.2 Å². The molecule has 8 heteroatoms. The number of ether oxygens (including phenoxy) is 1. The number of rotatable bonds is 8. The van der Waals surface area contributed by atoms with Crippen LogP contribution in [-0.2, 0) is 0 Å². The molecule has 0 saturated heterocycles. The van der Waals surface area contributed by atoms with Crippen molar-refractivity contribution in [2.75, 3.05) is 32.6 Å². The van der Waals surface area contributed by atoms with Crippen molar-refractivity contribution in [2.45, 2.75) is 39.3 Å². The zero-order valence-corrected chi connectivity index (χ0v) is 19.3. The van der Waals surface area contributed by atoms with E-state index in [1.165, 1.54) is 6.07 Å². The van der Waals surface area contributed by atoms with Crippen LogP contribution >= 0.6 is 0 Å². The van der Waals surface area contributed by atoms with Crippen LogP contribution < -0.4 is 15.4 Å². The Kier molecular flexibility index (Phi) is 7.03. The summed E-state index contributed by atoms with van der Waals surface area (Å²) in [5.41, 5.74) is 2.25. The van der Waals surface area contributed by atoms with Crippen molar-refractivity contribution >= 4 is 17.3 Å². The van der Waals surface area contributed by atoms with Crippen LogP contribution in [0.1, 0.15) is 49.2 Å². The first-order chi connectivity index (χ1) is 15.1. The maximum absolute atomic E-state index is 12.7. The number of nitrogens with one attached hydrogen (secondary N) is 2. The molecule has 0 aliphatic carbocycles. The van der Waals surface area contributed by atoms with Gasteiger partial charge in [-0.05, 0) is 63.3 Å². The third-order valence-corrected chi connectivity index (χ3v) is 6.09. The van der Waals surface area contributed by atoms with Gasteiger partial charge in [-0.1, -0.05) is 13.8 Å². The Hall–Kier alpha value is -3.13. The van der Waals surface area contributed by atoms with E-state index in [0.29, 0.717) is 18.7 Å². The quantitative estimate of drug-likeness (QED) is 0.471. The van der Waals surface area contributed by atoms with Gasteiger partial charge in [0.2, 0.25) is 0 Å². The van der Waals surface area contributed by atoms with Gasteiger partial charge in [0.25, 0.3) is 11.6 Å². The Balaban J connectivity index is 1.72. The number of nitrogens with zero attached hydrogens (tertiary/aromatic N) is 2. The first-order valence-electron chi connectivity index (χ1n) is 10.8. The zero-order valence-electron chi connectivity index (χ0n) is 19.3. The number of nitro groups is 1. The molecule has 0 fully saturated rings. The Morgan fingerprint density at radius 1 is 1.25 bits per heavy atom. The summed E-state index contributed by atoms with van der Waals surface area (Å²) in [7, 11) is 3.96. The second-order valence-corrected chi connectivity index (χ2v) is 9.07. The lowest BCUT2D eigenvalue weighted by molar-refractivity contribution is -0.384. The molecule has 2 unspecified atom stereocenters. The second kappa shape index (κ2) is 9.56. The van der Waals surface area contributed by atoms with Crippen LogP contribution in [-0.4, -0.2) is 49.0 Å². The molecule has 172 valence electrons. The van der Waals surface area contributed by atoms with Gasteiger partial charge in [-0.2, -0.15) is 0 Å². The lowest BCUT2D eigenvalue weighted by atomic mass is 9.77. The summed E-state index contributed by atoms with van der Waals surface area (Å²) in [6.45, 7) is 7.22. The van der Waals surface area contributed by atoms with Crippen LogP contribution in [0, 0.1) is 15.5 Å². The van der Waals surface area contributed by atoms with Gasteiger partial charge in [-0.25, -0.2) is 0 Å². The Labute approximate surface area is 189 Å². The van der Waals surface area contributed by atoms with E-state index >= 15 is 0 Å². The highest BCUT2D eigenvalue weighted by Gasteiger charge is 2.38. The highest BCUT2D eigenvalue weighted by atomic mass is 16.6. The van der Waals surface area contributed by atoms with E-state index in [1.807, 2.05) is 21.0 Å². The normalized spacial score (nSPS) is 17.9. The van der Waals surface area contributed by atoms with E-state index in [9.17, 15) is 14.9 Å². The molecule has 0 aromatic heterocycles. The van der Waals surface area contributed by atoms with Gasteiger partial charge in [0, 0.05) is 47.4 Å². The van der Waals surface area contributed by atoms with E-state index in [-0.39, 0.29) is 34.0 Å². The summed E-state index contributed by atoms with van der Waals surface area (Å²) in [6, 6.07) is 12.2. The van der Waals surface area contributed by atoms with Crippen LogP contribution in [0.15, 0.2) is 42.5 Å². The van der Waals surface area contributed by atoms with E-state index in [4.69, 9.17) is 4.74 Å². The SMILES string of the molecule is CCOc1ccc(C(=O)NCC(C)(C)C2CC(N(C)C)c3cc([N+](=O)[O-])ccc3N2)cc1. The minimum Gasteiger partial charge on any atom is -0.494 e. The van der Waals surface area contributed by atoms with E-state index in [1.54, 1.807) is 36.4 Å². The van der Waals surface area contributed by atoms with Crippen molar-refractivity contribution < 1.29 is 14.5 Å². The van der Waals surface area contributed by atoms with Crippen molar-refractivity contribution in [3.63, 3.8) is 0 Å². The first kappa shape index (κ1) is 23.5. The van der Waals surface area contributed by atoms with Crippen LogP contribution in [0.4, 0.5) is 11.4 Å². The molecule has 0 saturated carbocycles. The molecule has 0 spiro atoms. The molecule has 2 N–H and O–H groups in total. The summed E-state index contributed by atoms with van der Waals surface area (Å²) in [4.78, 5) is 25.6. The van der Waals surface area contributed by atoms with Gasteiger partial charge in [-0.15, -0.1) is 0 Å². The number of nitro benzene ring substituents is 1.